The van der Waals surface area contributed by atoms with Crippen LogP contribution in [0.4, 0.5) is 0 Å². The Morgan fingerprint density at radius 1 is 1.02 bits per heavy atom. The molecular formula is C39H49BrN2O12. The third-order valence-corrected chi connectivity index (χ3v) is 10.5. The van der Waals surface area contributed by atoms with Gasteiger partial charge in [0.25, 0.3) is 11.7 Å². The van der Waals surface area contributed by atoms with Crippen molar-refractivity contribution in [2.45, 2.75) is 85.6 Å². The zero-order chi connectivity index (χ0) is 40.2. The second-order valence-corrected chi connectivity index (χ2v) is 14.8. The van der Waals surface area contributed by atoms with Gasteiger partial charge in [0.2, 0.25) is 5.78 Å². The number of rotatable bonds is 5. The normalized spacial score (nSPS) is 33.5. The molecule has 0 saturated carbocycles. The predicted octanol–water partition coefficient (Wildman–Crippen LogP) is 4.56. The summed E-state index contributed by atoms with van der Waals surface area (Å²) in [6.07, 6.45) is 4.74. The summed E-state index contributed by atoms with van der Waals surface area (Å²) in [5, 5.41) is 41.2. The summed E-state index contributed by atoms with van der Waals surface area (Å²) in [5.41, 5.74) is -0.562. The number of hydrogen-bond donors (Lipinski definition) is 4. The minimum Gasteiger partial charge on any atom is -0.507 e. The molecule has 3 aliphatic heterocycles. The first-order valence-electron chi connectivity index (χ1n) is 17.6. The van der Waals surface area contributed by atoms with Crippen LogP contribution in [0.15, 0.2) is 53.1 Å². The molecule has 9 atom stereocenters. The quantitative estimate of drug-likeness (QED) is 0.140. The smallest absolute Gasteiger partial charge is 0.302 e. The lowest BCUT2D eigenvalue weighted by atomic mass is 9.78. The molecule has 4 aliphatic rings. The van der Waals surface area contributed by atoms with Crippen molar-refractivity contribution >= 4 is 45.1 Å². The molecule has 3 heterocycles. The van der Waals surface area contributed by atoms with E-state index in [9.17, 15) is 34.5 Å². The number of halogens is 1. The highest BCUT2D eigenvalue weighted by atomic mass is 79.9. The van der Waals surface area contributed by atoms with E-state index in [0.717, 1.165) is 6.08 Å². The fraction of sp³-hybridized carbons (Fsp3) is 0.513. The maximum absolute atomic E-state index is 13.9. The average Bonchev–Trinajstić information content (AvgIpc) is 3.42. The summed E-state index contributed by atoms with van der Waals surface area (Å²) >= 11 is 3.29. The number of aliphatic hydroxyl groups is 2. The molecule has 0 radical (unpaired) electrons. The van der Waals surface area contributed by atoms with Gasteiger partial charge in [-0.05, 0) is 19.9 Å². The van der Waals surface area contributed by atoms with Crippen molar-refractivity contribution in [2.75, 3.05) is 19.0 Å². The van der Waals surface area contributed by atoms with Crippen molar-refractivity contribution in [1.29, 1.82) is 0 Å². The van der Waals surface area contributed by atoms with Gasteiger partial charge >= 0.3 is 5.97 Å². The SMILES string of the molecule is CO[C@H]1/C=C/O[C@@]2(C)Oc3c(C)c(O)c4c(c3/C2=N\OCCBr)C(=O)C=C(NC(=O)/C(C)=C\C=C\[C@H](C)[C@H](O)[C@@H](C)[C@@H](O)[C@@H](C)[C@H](OC(C)=O)[C@@H]1C)C4=O. The molecule has 0 aromatic heterocycles. The number of ketones is 2. The molecule has 1 aromatic carbocycles. The highest BCUT2D eigenvalue weighted by Crippen LogP contribution is 2.48. The maximum Gasteiger partial charge on any atom is 0.302 e. The van der Waals surface area contributed by atoms with Crippen molar-refractivity contribution in [2.24, 2.45) is 28.8 Å². The maximum atomic E-state index is 13.9. The molecule has 15 heteroatoms. The molecule has 1 aliphatic carbocycles. The Morgan fingerprint density at radius 2 is 1.70 bits per heavy atom. The number of benzene rings is 1. The molecule has 0 fully saturated rings. The van der Waals surface area contributed by atoms with Crippen molar-refractivity contribution < 1.29 is 58.3 Å². The predicted molar refractivity (Wildman–Crippen MR) is 201 cm³/mol. The zero-order valence-corrected chi connectivity index (χ0v) is 33.4. The van der Waals surface area contributed by atoms with Crippen molar-refractivity contribution in [3.05, 3.63) is 70.2 Å². The van der Waals surface area contributed by atoms with Crippen LogP contribution in [0.3, 0.4) is 0 Å². The van der Waals surface area contributed by atoms with Gasteiger partial charge in [0, 0.05) is 67.2 Å². The number of methoxy groups -OCH3 is 1. The molecule has 54 heavy (non-hydrogen) atoms. The third kappa shape index (κ3) is 8.49. The summed E-state index contributed by atoms with van der Waals surface area (Å²) in [7, 11) is 1.46. The van der Waals surface area contributed by atoms with Crippen LogP contribution in [-0.2, 0) is 28.6 Å². The van der Waals surface area contributed by atoms with Gasteiger partial charge in [-0.25, -0.2) is 0 Å². The Labute approximate surface area is 323 Å². The summed E-state index contributed by atoms with van der Waals surface area (Å²) in [6, 6.07) is 0. The van der Waals surface area contributed by atoms with E-state index in [1.807, 2.05) is 0 Å². The van der Waals surface area contributed by atoms with Crippen molar-refractivity contribution in [3.8, 4) is 11.5 Å². The van der Waals surface area contributed by atoms with Gasteiger partial charge in [-0.1, -0.05) is 67.0 Å². The number of oxime groups is 1. The number of ether oxygens (including phenoxy) is 4. The highest BCUT2D eigenvalue weighted by Gasteiger charge is 2.51. The van der Waals surface area contributed by atoms with E-state index in [0.29, 0.717) is 5.33 Å². The summed E-state index contributed by atoms with van der Waals surface area (Å²) in [6.45, 7) is 12.8. The number of aliphatic hydroxyl groups excluding tert-OH is 2. The second kappa shape index (κ2) is 17.4. The first-order valence-corrected chi connectivity index (χ1v) is 18.7. The van der Waals surface area contributed by atoms with Crippen LogP contribution in [0.1, 0.15) is 80.3 Å². The lowest BCUT2D eigenvalue weighted by Crippen LogP contribution is -2.46. The topological polar surface area (TPSA) is 200 Å². The average molecular weight is 818 g/mol. The largest absolute Gasteiger partial charge is 0.507 e. The molecule has 5 bridgehead atoms. The van der Waals surface area contributed by atoms with E-state index >= 15 is 0 Å². The third-order valence-electron chi connectivity index (χ3n) is 10.2. The van der Waals surface area contributed by atoms with Gasteiger partial charge in [0.1, 0.15) is 24.2 Å². The van der Waals surface area contributed by atoms with Crippen LogP contribution in [0.25, 0.3) is 0 Å². The number of alkyl halides is 1. The van der Waals surface area contributed by atoms with Crippen LogP contribution in [0.2, 0.25) is 0 Å². The number of fused-ring (bicyclic) bond motifs is 14. The number of phenols is 1. The molecule has 14 nitrogen and oxygen atoms in total. The number of phenolic OH excluding ortho intramolecular Hbond substituents is 1. The molecular weight excluding hydrogens is 768 g/mol. The molecule has 1 amide bonds. The van der Waals surface area contributed by atoms with Gasteiger partial charge in [0.15, 0.2) is 11.5 Å². The molecule has 4 N–H and O–H groups in total. The number of esters is 1. The molecule has 5 rings (SSSR count). The minimum absolute atomic E-state index is 0.0113. The lowest BCUT2D eigenvalue weighted by molar-refractivity contribution is -0.160. The summed E-state index contributed by atoms with van der Waals surface area (Å²) in [5.74, 6) is -7.44. The van der Waals surface area contributed by atoms with Crippen molar-refractivity contribution in [1.82, 2.24) is 5.32 Å². The van der Waals surface area contributed by atoms with Gasteiger partial charge in [-0.15, -0.1) is 0 Å². The molecule has 1 aromatic rings. The van der Waals surface area contributed by atoms with Gasteiger partial charge in [-0.2, -0.15) is 0 Å². The Bertz CT molecular complexity index is 1820. The first kappa shape index (κ1) is 42.4. The number of carbonyl (C=O) groups is 4. The number of nitrogens with zero attached hydrogens (tertiary/aromatic N) is 1. The molecule has 0 saturated heterocycles. The zero-order valence-electron chi connectivity index (χ0n) is 31.8. The van der Waals surface area contributed by atoms with Crippen LogP contribution < -0.4 is 10.1 Å². The summed E-state index contributed by atoms with van der Waals surface area (Å²) in [4.78, 5) is 58.8. The summed E-state index contributed by atoms with van der Waals surface area (Å²) < 4.78 is 24.0. The number of aromatic hydroxyl groups is 1. The number of nitrogens with one attached hydrogen (secondary N) is 1. The molecule has 0 unspecified atom stereocenters. The standard InChI is InChI=1S/C39H49BrN2O12/c1-18-11-10-12-19(2)38(49)41-25-17-26(44)28-29(34(25)48)33(47)23(6)36-30(28)37(42-52-16-14-40)39(8,54-36)51-15-13-27(50-9)20(3)35(53-24(7)43)22(5)32(46)21(4)31(18)45/h10-13,15,17-18,20-22,27,31-32,35,45-47H,14,16H2,1-9H3,(H,41,49)/b11-10+,15-13+,19-12-,42-37+/t18-,20+,21+,22+,27-,31-,32+,35+,39-/m0/s1. The van der Waals surface area contributed by atoms with Crippen molar-refractivity contribution in [3.63, 3.8) is 0 Å². The number of hydrogen-bond acceptors (Lipinski definition) is 13. The number of carbonyl (C=O) groups excluding carboxylic acids is 4. The number of allylic oxidation sites excluding steroid dienone is 4. The van der Waals surface area contributed by atoms with E-state index < -0.39 is 83.1 Å². The Balaban J connectivity index is 1.90. The lowest BCUT2D eigenvalue weighted by Gasteiger charge is -2.38. The Morgan fingerprint density at radius 3 is 2.33 bits per heavy atom. The minimum atomic E-state index is -1.77. The Kier molecular flexibility index (Phi) is 13.7. The molecule has 294 valence electrons. The van der Waals surface area contributed by atoms with Crippen LogP contribution in [-0.4, -0.2) is 93.7 Å². The van der Waals surface area contributed by atoms with Crippen LogP contribution in [0, 0.1) is 30.6 Å². The van der Waals surface area contributed by atoms with E-state index in [4.69, 9.17) is 23.8 Å². The van der Waals surface area contributed by atoms with Gasteiger partial charge in [0.05, 0.1) is 47.0 Å². The Hall–Kier alpha value is -4.31. The van der Waals surface area contributed by atoms with E-state index in [2.05, 4.69) is 26.4 Å². The highest BCUT2D eigenvalue weighted by molar-refractivity contribution is 9.09. The second-order valence-electron chi connectivity index (χ2n) is 14.0. The monoisotopic (exact) mass is 816 g/mol. The van der Waals surface area contributed by atoms with Gasteiger partial charge < -0.3 is 44.4 Å². The molecule has 0 spiro atoms. The first-order chi connectivity index (χ1) is 25.4. The van der Waals surface area contributed by atoms with E-state index in [1.54, 1.807) is 45.9 Å². The fourth-order valence-electron chi connectivity index (χ4n) is 6.91. The number of Topliss-reactive ketones (excluding diaryl/α,β-unsaturated/α-hetero) is 1. The van der Waals surface area contributed by atoms with Crippen LogP contribution in [0.5, 0.6) is 11.5 Å². The van der Waals surface area contributed by atoms with Crippen LogP contribution >= 0.6 is 15.9 Å². The van der Waals surface area contributed by atoms with E-state index in [1.165, 1.54) is 47.1 Å². The van der Waals surface area contributed by atoms with E-state index in [-0.39, 0.29) is 51.6 Å². The fourth-order valence-corrected chi connectivity index (χ4v) is 7.05. The number of amides is 1. The van der Waals surface area contributed by atoms with Gasteiger partial charge in [-0.3, -0.25) is 19.2 Å².